The van der Waals surface area contributed by atoms with Gasteiger partial charge in [-0.2, -0.15) is 5.10 Å². The fourth-order valence-corrected chi connectivity index (χ4v) is 4.94. The summed E-state index contributed by atoms with van der Waals surface area (Å²) in [5.74, 6) is 1.29. The number of aromatic amines is 1. The van der Waals surface area contributed by atoms with Crippen molar-refractivity contribution in [2.75, 3.05) is 5.75 Å². The number of nitrogens with one attached hydrogen (secondary N) is 1. The van der Waals surface area contributed by atoms with Crippen LogP contribution >= 0.6 is 11.8 Å². The first kappa shape index (κ1) is 21.6. The van der Waals surface area contributed by atoms with Gasteiger partial charge in [-0.15, -0.1) is 0 Å². The van der Waals surface area contributed by atoms with Crippen molar-refractivity contribution in [3.63, 3.8) is 0 Å². The lowest BCUT2D eigenvalue weighted by molar-refractivity contribution is -0.152. The van der Waals surface area contributed by atoms with Crippen molar-refractivity contribution in [2.24, 2.45) is 17.8 Å². The van der Waals surface area contributed by atoms with Crippen LogP contribution in [-0.4, -0.2) is 37.6 Å². The summed E-state index contributed by atoms with van der Waals surface area (Å²) in [5.41, 5.74) is 1.01. The van der Waals surface area contributed by atoms with E-state index in [1.807, 2.05) is 30.3 Å². The Morgan fingerprint density at radius 1 is 1.29 bits per heavy atom. The van der Waals surface area contributed by atoms with Gasteiger partial charge < -0.3 is 9.72 Å². The van der Waals surface area contributed by atoms with E-state index in [1.54, 1.807) is 4.68 Å². The van der Waals surface area contributed by atoms with E-state index in [9.17, 15) is 9.59 Å². The second kappa shape index (κ2) is 9.26. The first-order valence-corrected chi connectivity index (χ1v) is 11.8. The number of nitrogens with zero attached hydrogens (tertiary/aromatic N) is 3. The molecule has 1 aromatic carbocycles. The molecule has 1 N–H and O–H groups in total. The lowest BCUT2D eigenvalue weighted by Crippen LogP contribution is -2.36. The van der Waals surface area contributed by atoms with Crippen LogP contribution in [0.5, 0.6) is 0 Å². The molecule has 0 aliphatic heterocycles. The maximum absolute atomic E-state index is 12.6. The largest absolute Gasteiger partial charge is 0.461 e. The van der Waals surface area contributed by atoms with Gasteiger partial charge in [-0.05, 0) is 42.7 Å². The number of hydrogen-bond donors (Lipinski definition) is 1. The third-order valence-corrected chi connectivity index (χ3v) is 6.83. The molecule has 1 aliphatic carbocycles. The molecule has 2 aromatic heterocycles. The van der Waals surface area contributed by atoms with Gasteiger partial charge in [0.15, 0.2) is 10.8 Å². The number of carbonyl (C=O) groups is 1. The van der Waals surface area contributed by atoms with E-state index in [0.29, 0.717) is 33.9 Å². The predicted molar refractivity (Wildman–Crippen MR) is 121 cm³/mol. The summed E-state index contributed by atoms with van der Waals surface area (Å²) in [6.45, 7) is 6.60. The second-order valence-corrected chi connectivity index (χ2v) is 9.61. The van der Waals surface area contributed by atoms with E-state index < -0.39 is 0 Å². The molecule has 3 aromatic rings. The number of benzene rings is 1. The van der Waals surface area contributed by atoms with Crippen LogP contribution in [0.4, 0.5) is 0 Å². The standard InChI is InChI=1S/C23H28N4O3S/c1-14(2)17-10-9-15(3)11-19(17)30-20(28)13-31-23-25-21-18(22(29)26-23)12-24-27(21)16-7-5-4-6-8-16/h4-8,12,14-15,17,19H,9-11,13H2,1-3H3,(H,25,26,29). The van der Waals surface area contributed by atoms with Gasteiger partial charge >= 0.3 is 5.97 Å². The van der Waals surface area contributed by atoms with Gasteiger partial charge in [0.2, 0.25) is 0 Å². The molecular weight excluding hydrogens is 412 g/mol. The molecule has 0 spiro atoms. The zero-order chi connectivity index (χ0) is 22.0. The van der Waals surface area contributed by atoms with Crippen molar-refractivity contribution in [1.82, 2.24) is 19.7 Å². The van der Waals surface area contributed by atoms with Gasteiger partial charge in [0.05, 0.1) is 17.6 Å². The van der Waals surface area contributed by atoms with Crippen LogP contribution in [0.1, 0.15) is 40.0 Å². The molecule has 3 unspecified atom stereocenters. The number of H-pyrrole nitrogens is 1. The minimum absolute atomic E-state index is 0.0362. The summed E-state index contributed by atoms with van der Waals surface area (Å²) in [6, 6.07) is 9.52. The second-order valence-electron chi connectivity index (χ2n) is 8.64. The Bertz CT molecular complexity index is 1110. The maximum Gasteiger partial charge on any atom is 0.316 e. The van der Waals surface area contributed by atoms with E-state index >= 15 is 0 Å². The lowest BCUT2D eigenvalue weighted by Gasteiger charge is -2.36. The minimum atomic E-state index is -0.274. The molecular formula is C23H28N4O3S. The molecule has 0 amide bonds. The van der Waals surface area contributed by atoms with Crippen molar-refractivity contribution in [3.8, 4) is 5.69 Å². The third kappa shape index (κ3) is 4.84. The molecule has 0 saturated heterocycles. The molecule has 1 aliphatic rings. The van der Waals surface area contributed by atoms with Crippen LogP contribution in [-0.2, 0) is 9.53 Å². The summed E-state index contributed by atoms with van der Waals surface area (Å²) >= 11 is 1.18. The normalized spacial score (nSPS) is 21.5. The van der Waals surface area contributed by atoms with E-state index in [4.69, 9.17) is 4.74 Å². The summed E-state index contributed by atoms with van der Waals surface area (Å²) in [6.07, 6.45) is 4.67. The van der Waals surface area contributed by atoms with Crippen molar-refractivity contribution < 1.29 is 9.53 Å². The number of hydrogen-bond acceptors (Lipinski definition) is 6. The van der Waals surface area contributed by atoms with Crippen LogP contribution in [0.2, 0.25) is 0 Å². The fraction of sp³-hybridized carbons (Fsp3) is 0.478. The third-order valence-electron chi connectivity index (χ3n) is 5.99. The van der Waals surface area contributed by atoms with E-state index in [0.717, 1.165) is 18.5 Å². The average Bonchev–Trinajstić information content (AvgIpc) is 3.17. The highest BCUT2D eigenvalue weighted by molar-refractivity contribution is 7.99. The number of carbonyl (C=O) groups excluding carboxylic acids is 1. The van der Waals surface area contributed by atoms with Gasteiger partial charge in [-0.1, -0.05) is 57.2 Å². The number of para-hydroxylation sites is 1. The van der Waals surface area contributed by atoms with Crippen molar-refractivity contribution in [1.29, 1.82) is 0 Å². The first-order valence-electron chi connectivity index (χ1n) is 10.8. The number of aromatic nitrogens is 4. The Hall–Kier alpha value is -2.61. The Balaban J connectivity index is 1.47. The van der Waals surface area contributed by atoms with Gasteiger partial charge in [0.25, 0.3) is 5.56 Å². The highest BCUT2D eigenvalue weighted by atomic mass is 32.2. The molecule has 0 radical (unpaired) electrons. The smallest absolute Gasteiger partial charge is 0.316 e. The molecule has 7 nitrogen and oxygen atoms in total. The summed E-state index contributed by atoms with van der Waals surface area (Å²) in [7, 11) is 0. The Kier molecular flexibility index (Phi) is 6.46. The van der Waals surface area contributed by atoms with Crippen molar-refractivity contribution in [2.45, 2.75) is 51.3 Å². The number of esters is 1. The summed E-state index contributed by atoms with van der Waals surface area (Å²) < 4.78 is 7.48. The molecule has 1 fully saturated rings. The van der Waals surface area contributed by atoms with Crippen LogP contribution in [0, 0.1) is 17.8 Å². The number of rotatable bonds is 6. The van der Waals surface area contributed by atoms with Crippen LogP contribution < -0.4 is 5.56 Å². The molecule has 0 bridgehead atoms. The highest BCUT2D eigenvalue weighted by Gasteiger charge is 2.33. The fourth-order valence-electron chi connectivity index (χ4n) is 4.31. The van der Waals surface area contributed by atoms with Crippen LogP contribution in [0.15, 0.2) is 46.5 Å². The number of thioether (sulfide) groups is 1. The summed E-state index contributed by atoms with van der Waals surface area (Å²) in [4.78, 5) is 32.3. The molecule has 164 valence electrons. The van der Waals surface area contributed by atoms with E-state index in [1.165, 1.54) is 24.4 Å². The predicted octanol–water partition coefficient (Wildman–Crippen LogP) is 4.20. The first-order chi connectivity index (χ1) is 14.9. The molecule has 4 rings (SSSR count). The average molecular weight is 441 g/mol. The molecule has 1 saturated carbocycles. The van der Waals surface area contributed by atoms with Gasteiger partial charge in [0.1, 0.15) is 11.5 Å². The van der Waals surface area contributed by atoms with E-state index in [2.05, 4.69) is 35.8 Å². The topological polar surface area (TPSA) is 89.9 Å². The SMILES string of the molecule is CC1CCC(C(C)C)C(OC(=O)CSc2nc3c(cnn3-c3ccccc3)c(=O)[nH]2)C1. The zero-order valence-electron chi connectivity index (χ0n) is 18.1. The highest BCUT2D eigenvalue weighted by Crippen LogP contribution is 2.35. The summed E-state index contributed by atoms with van der Waals surface area (Å²) in [5, 5.41) is 5.09. The molecule has 8 heteroatoms. The van der Waals surface area contributed by atoms with E-state index in [-0.39, 0.29) is 23.4 Å². The number of ether oxygens (including phenoxy) is 1. The molecule has 31 heavy (non-hydrogen) atoms. The monoisotopic (exact) mass is 440 g/mol. The Morgan fingerprint density at radius 2 is 2.06 bits per heavy atom. The van der Waals surface area contributed by atoms with Gasteiger partial charge in [-0.3, -0.25) is 9.59 Å². The van der Waals surface area contributed by atoms with Crippen LogP contribution in [0.25, 0.3) is 16.7 Å². The number of fused-ring (bicyclic) bond motifs is 1. The van der Waals surface area contributed by atoms with Gasteiger partial charge in [0, 0.05) is 0 Å². The Labute approximate surface area is 185 Å². The Morgan fingerprint density at radius 3 is 2.81 bits per heavy atom. The quantitative estimate of drug-likeness (QED) is 0.351. The zero-order valence-corrected chi connectivity index (χ0v) is 18.9. The molecule has 3 atom stereocenters. The van der Waals surface area contributed by atoms with Crippen molar-refractivity contribution in [3.05, 3.63) is 46.9 Å². The maximum atomic E-state index is 12.6. The van der Waals surface area contributed by atoms with Crippen molar-refractivity contribution >= 4 is 28.8 Å². The van der Waals surface area contributed by atoms with Crippen LogP contribution in [0.3, 0.4) is 0 Å². The lowest BCUT2D eigenvalue weighted by atomic mass is 9.75. The van der Waals surface area contributed by atoms with Gasteiger partial charge in [-0.25, -0.2) is 9.67 Å². The molecule has 2 heterocycles. The minimum Gasteiger partial charge on any atom is -0.461 e.